The monoisotopic (exact) mass is 278 g/mol. The molecule has 0 saturated carbocycles. The number of benzene rings is 1. The Morgan fingerprint density at radius 2 is 2.05 bits per heavy atom. The molecule has 0 radical (unpaired) electrons. The number of hydrogen-bond acceptors (Lipinski definition) is 5. The minimum Gasteiger partial charge on any atom is -0.452 e. The summed E-state index contributed by atoms with van der Waals surface area (Å²) in [6.07, 6.45) is 0. The number of nitrogen functional groups attached to an aromatic ring is 1. The number of esters is 1. The lowest BCUT2D eigenvalue weighted by Gasteiger charge is -2.26. The van der Waals surface area contributed by atoms with Gasteiger partial charge in [0, 0.05) is 18.8 Å². The smallest absolute Gasteiger partial charge is 0.340 e. The van der Waals surface area contributed by atoms with E-state index in [0.717, 1.165) is 5.56 Å². The second kappa shape index (κ2) is 6.38. The summed E-state index contributed by atoms with van der Waals surface area (Å²) in [4.78, 5) is 25.4. The van der Waals surface area contributed by atoms with Gasteiger partial charge in [0.05, 0.1) is 18.8 Å². The number of para-hydroxylation sites is 1. The number of carbonyl (C=O) groups is 2. The standard InChI is InChI=1S/C14H18N2O4/c1-10-3-2-4-11(13(10)15)14(18)20-9-12(17)16-5-7-19-8-6-16/h2-4H,5-9,15H2,1H3. The molecule has 6 nitrogen and oxygen atoms in total. The first-order chi connectivity index (χ1) is 9.59. The molecule has 1 aromatic carbocycles. The van der Waals surface area contributed by atoms with Gasteiger partial charge in [-0.15, -0.1) is 0 Å². The molecule has 108 valence electrons. The second-order valence-corrected chi connectivity index (χ2v) is 4.61. The summed E-state index contributed by atoms with van der Waals surface area (Å²) in [5, 5.41) is 0. The molecule has 0 aliphatic carbocycles. The molecule has 1 fully saturated rings. The average Bonchev–Trinajstić information content (AvgIpc) is 2.48. The van der Waals surface area contributed by atoms with Crippen LogP contribution in [0.4, 0.5) is 5.69 Å². The van der Waals surface area contributed by atoms with Crippen LogP contribution >= 0.6 is 0 Å². The fraction of sp³-hybridized carbons (Fsp3) is 0.429. The molecule has 1 heterocycles. The number of amides is 1. The van der Waals surface area contributed by atoms with E-state index in [0.29, 0.717) is 37.6 Å². The quantitative estimate of drug-likeness (QED) is 0.646. The molecule has 6 heteroatoms. The van der Waals surface area contributed by atoms with Crippen LogP contribution in [0.3, 0.4) is 0 Å². The molecule has 1 aliphatic rings. The van der Waals surface area contributed by atoms with Gasteiger partial charge >= 0.3 is 5.97 Å². The third-order valence-corrected chi connectivity index (χ3v) is 3.23. The lowest BCUT2D eigenvalue weighted by atomic mass is 10.1. The van der Waals surface area contributed by atoms with E-state index in [9.17, 15) is 9.59 Å². The zero-order valence-corrected chi connectivity index (χ0v) is 11.4. The number of anilines is 1. The van der Waals surface area contributed by atoms with E-state index in [1.54, 1.807) is 17.0 Å². The average molecular weight is 278 g/mol. The fourth-order valence-corrected chi connectivity index (χ4v) is 1.97. The Morgan fingerprint density at radius 1 is 1.35 bits per heavy atom. The first-order valence-electron chi connectivity index (χ1n) is 6.47. The highest BCUT2D eigenvalue weighted by atomic mass is 16.5. The molecule has 0 bridgehead atoms. The van der Waals surface area contributed by atoms with E-state index >= 15 is 0 Å². The molecule has 0 atom stereocenters. The highest BCUT2D eigenvalue weighted by Gasteiger charge is 2.19. The van der Waals surface area contributed by atoms with Crippen molar-refractivity contribution in [1.29, 1.82) is 0 Å². The normalized spacial score (nSPS) is 14.9. The summed E-state index contributed by atoms with van der Waals surface area (Å²) in [5.41, 5.74) is 7.30. The third-order valence-electron chi connectivity index (χ3n) is 3.23. The number of nitrogens with zero attached hydrogens (tertiary/aromatic N) is 1. The van der Waals surface area contributed by atoms with Crippen LogP contribution in [0.25, 0.3) is 0 Å². The Labute approximate surface area is 117 Å². The third kappa shape index (κ3) is 3.27. The Kier molecular flexibility index (Phi) is 4.57. The van der Waals surface area contributed by atoms with Crippen molar-refractivity contribution in [2.75, 3.05) is 38.6 Å². The topological polar surface area (TPSA) is 81.9 Å². The Balaban J connectivity index is 1.91. The number of aryl methyl sites for hydroxylation is 1. The largest absolute Gasteiger partial charge is 0.452 e. The van der Waals surface area contributed by atoms with Gasteiger partial charge in [0.15, 0.2) is 6.61 Å². The Bertz CT molecular complexity index is 510. The molecular weight excluding hydrogens is 260 g/mol. The summed E-state index contributed by atoms with van der Waals surface area (Å²) in [7, 11) is 0. The minimum atomic E-state index is -0.576. The maximum atomic E-state index is 11.9. The maximum Gasteiger partial charge on any atom is 0.340 e. The number of morpholine rings is 1. The van der Waals surface area contributed by atoms with Crippen molar-refractivity contribution in [2.24, 2.45) is 0 Å². The van der Waals surface area contributed by atoms with E-state index in [1.165, 1.54) is 0 Å². The van der Waals surface area contributed by atoms with E-state index in [2.05, 4.69) is 0 Å². The van der Waals surface area contributed by atoms with Crippen molar-refractivity contribution in [1.82, 2.24) is 4.90 Å². The maximum absolute atomic E-state index is 11.9. The van der Waals surface area contributed by atoms with Crippen molar-refractivity contribution in [3.63, 3.8) is 0 Å². The van der Waals surface area contributed by atoms with Crippen molar-refractivity contribution in [2.45, 2.75) is 6.92 Å². The zero-order valence-electron chi connectivity index (χ0n) is 11.4. The fourth-order valence-electron chi connectivity index (χ4n) is 1.97. The van der Waals surface area contributed by atoms with Crippen LogP contribution in [0.2, 0.25) is 0 Å². The van der Waals surface area contributed by atoms with Crippen molar-refractivity contribution in [3.05, 3.63) is 29.3 Å². The van der Waals surface area contributed by atoms with Crippen LogP contribution in [-0.4, -0.2) is 49.7 Å². The second-order valence-electron chi connectivity index (χ2n) is 4.61. The Morgan fingerprint density at radius 3 is 2.75 bits per heavy atom. The number of carbonyl (C=O) groups excluding carboxylic acids is 2. The summed E-state index contributed by atoms with van der Waals surface area (Å²) < 4.78 is 10.2. The highest BCUT2D eigenvalue weighted by molar-refractivity contribution is 5.96. The van der Waals surface area contributed by atoms with Crippen molar-refractivity contribution in [3.8, 4) is 0 Å². The van der Waals surface area contributed by atoms with Crippen molar-refractivity contribution < 1.29 is 19.1 Å². The van der Waals surface area contributed by atoms with E-state index in [4.69, 9.17) is 15.2 Å². The molecule has 1 aromatic rings. The van der Waals surface area contributed by atoms with Gasteiger partial charge in [-0.2, -0.15) is 0 Å². The van der Waals surface area contributed by atoms with Gasteiger partial charge < -0.3 is 20.1 Å². The molecule has 0 spiro atoms. The molecule has 0 aromatic heterocycles. The molecule has 1 saturated heterocycles. The van der Waals surface area contributed by atoms with Gasteiger partial charge in [-0.25, -0.2) is 4.79 Å². The molecule has 1 amide bonds. The van der Waals surface area contributed by atoms with Crippen LogP contribution in [0, 0.1) is 6.92 Å². The minimum absolute atomic E-state index is 0.215. The summed E-state index contributed by atoms with van der Waals surface area (Å²) in [6.45, 7) is 3.64. The van der Waals surface area contributed by atoms with Crippen LogP contribution in [0.5, 0.6) is 0 Å². The molecular formula is C14H18N2O4. The molecule has 0 unspecified atom stereocenters. The Hall–Kier alpha value is -2.08. The van der Waals surface area contributed by atoms with E-state index in [-0.39, 0.29) is 12.5 Å². The summed E-state index contributed by atoms with van der Waals surface area (Å²) in [5.74, 6) is -0.791. The van der Waals surface area contributed by atoms with Gasteiger partial charge in [-0.3, -0.25) is 4.79 Å². The number of hydrogen-bond donors (Lipinski definition) is 1. The van der Waals surface area contributed by atoms with Gasteiger partial charge in [0.2, 0.25) is 0 Å². The number of rotatable bonds is 3. The first-order valence-corrected chi connectivity index (χ1v) is 6.47. The van der Waals surface area contributed by atoms with Crippen LogP contribution in [-0.2, 0) is 14.3 Å². The van der Waals surface area contributed by atoms with Gasteiger partial charge in [-0.05, 0) is 18.6 Å². The molecule has 2 rings (SSSR count). The zero-order chi connectivity index (χ0) is 14.5. The van der Waals surface area contributed by atoms with Gasteiger partial charge in [-0.1, -0.05) is 12.1 Å². The van der Waals surface area contributed by atoms with Crippen LogP contribution in [0.1, 0.15) is 15.9 Å². The predicted molar refractivity (Wildman–Crippen MR) is 73.3 cm³/mol. The number of nitrogens with two attached hydrogens (primary N) is 1. The summed E-state index contributed by atoms with van der Waals surface area (Å²) >= 11 is 0. The van der Waals surface area contributed by atoms with E-state index < -0.39 is 5.97 Å². The van der Waals surface area contributed by atoms with Gasteiger partial charge in [0.25, 0.3) is 5.91 Å². The molecule has 1 aliphatic heterocycles. The summed E-state index contributed by atoms with van der Waals surface area (Å²) in [6, 6.07) is 5.13. The predicted octanol–water partition coefficient (Wildman–Crippen LogP) is 0.593. The van der Waals surface area contributed by atoms with E-state index in [1.807, 2.05) is 13.0 Å². The number of ether oxygens (including phenoxy) is 2. The SMILES string of the molecule is Cc1cccc(C(=O)OCC(=O)N2CCOCC2)c1N. The molecule has 2 N–H and O–H groups in total. The lowest BCUT2D eigenvalue weighted by Crippen LogP contribution is -2.42. The van der Waals surface area contributed by atoms with Crippen LogP contribution < -0.4 is 5.73 Å². The van der Waals surface area contributed by atoms with Gasteiger partial charge in [0.1, 0.15) is 0 Å². The first kappa shape index (κ1) is 14.3. The molecule has 20 heavy (non-hydrogen) atoms. The highest BCUT2D eigenvalue weighted by Crippen LogP contribution is 2.17. The van der Waals surface area contributed by atoms with Crippen molar-refractivity contribution >= 4 is 17.6 Å². The van der Waals surface area contributed by atoms with Crippen LogP contribution in [0.15, 0.2) is 18.2 Å². The lowest BCUT2D eigenvalue weighted by molar-refractivity contribution is -0.138.